The highest BCUT2D eigenvalue weighted by Crippen LogP contribution is 2.39. The lowest BCUT2D eigenvalue weighted by molar-refractivity contribution is -0.122. The van der Waals surface area contributed by atoms with Crippen LogP contribution < -0.4 is 0 Å². The second-order valence-electron chi connectivity index (χ2n) is 11.3. The highest BCUT2D eigenvalue weighted by Gasteiger charge is 2.44. The molecule has 3 aromatic rings. The normalized spacial score (nSPS) is 18.8. The molecule has 1 N–H and O–H groups in total. The number of likely N-dealkylation sites (tertiary alicyclic amines) is 1. The number of aromatic nitrogens is 3. The maximum Gasteiger partial charge on any atom is 0.407 e. The van der Waals surface area contributed by atoms with Crippen LogP contribution in [0.25, 0.3) is 22.4 Å². The van der Waals surface area contributed by atoms with E-state index in [0.29, 0.717) is 22.7 Å². The lowest BCUT2D eigenvalue weighted by atomic mass is 9.95. The third-order valence-electron chi connectivity index (χ3n) is 7.58. The first-order valence-corrected chi connectivity index (χ1v) is 15.9. The number of carboxylic acid groups (broad SMARTS) is 1. The first kappa shape index (κ1) is 27.3. The van der Waals surface area contributed by atoms with E-state index in [4.69, 9.17) is 21.0 Å². The summed E-state index contributed by atoms with van der Waals surface area (Å²) >= 11 is 6.15. The Morgan fingerprint density at radius 1 is 1.22 bits per heavy atom. The monoisotopic (exact) mass is 542 g/mol. The third-order valence-corrected chi connectivity index (χ3v) is 12.3. The maximum absolute atomic E-state index is 13.3. The Bertz CT molecular complexity index is 1300. The number of Topliss-reactive ketones (excluding diaryl/α,β-unsaturated/α-hetero) is 1. The number of carbonyl (C=O) groups is 2. The van der Waals surface area contributed by atoms with Crippen LogP contribution in [0, 0.1) is 0 Å². The molecule has 1 fully saturated rings. The van der Waals surface area contributed by atoms with E-state index in [2.05, 4.69) is 38.8 Å². The van der Waals surface area contributed by atoms with Gasteiger partial charge >= 0.3 is 6.09 Å². The highest BCUT2D eigenvalue weighted by atomic mass is 35.5. The van der Waals surface area contributed by atoms with Crippen LogP contribution in [-0.4, -0.2) is 63.4 Å². The molecular formula is C27H35ClN4O4Si. The number of piperidine rings is 1. The van der Waals surface area contributed by atoms with Gasteiger partial charge in [-0.25, -0.2) is 14.8 Å². The summed E-state index contributed by atoms with van der Waals surface area (Å²) in [7, 11) is -2.16. The molecule has 37 heavy (non-hydrogen) atoms. The average molecular weight is 543 g/mol. The van der Waals surface area contributed by atoms with Gasteiger partial charge in [0.15, 0.2) is 19.7 Å². The first-order valence-electron chi connectivity index (χ1n) is 12.6. The number of hydrogen-bond donors (Lipinski definition) is 1. The van der Waals surface area contributed by atoms with Crippen LogP contribution in [0.1, 0.15) is 40.0 Å². The van der Waals surface area contributed by atoms with Crippen LogP contribution >= 0.6 is 11.6 Å². The molecule has 1 saturated heterocycles. The minimum atomic E-state index is -2.16. The van der Waals surface area contributed by atoms with Gasteiger partial charge in [-0.05, 0) is 55.2 Å². The summed E-state index contributed by atoms with van der Waals surface area (Å²) in [6.45, 7) is 11.3. The topological polar surface area (TPSA) is 97.6 Å². The Labute approximate surface area is 223 Å². The Balaban J connectivity index is 1.56. The zero-order valence-corrected chi connectivity index (χ0v) is 23.8. The van der Waals surface area contributed by atoms with Crippen LogP contribution in [0.4, 0.5) is 4.79 Å². The van der Waals surface area contributed by atoms with Crippen molar-refractivity contribution in [3.63, 3.8) is 0 Å². The number of amides is 1. The zero-order chi connectivity index (χ0) is 27.0. The molecule has 1 amide bonds. The molecule has 0 bridgehead atoms. The zero-order valence-electron chi connectivity index (χ0n) is 22.1. The van der Waals surface area contributed by atoms with Crippen molar-refractivity contribution in [3.05, 3.63) is 47.7 Å². The summed E-state index contributed by atoms with van der Waals surface area (Å²) in [5.74, 6) is -0.0868. The van der Waals surface area contributed by atoms with Gasteiger partial charge in [-0.1, -0.05) is 44.5 Å². The van der Waals surface area contributed by atoms with Gasteiger partial charge in [0.25, 0.3) is 0 Å². The van der Waals surface area contributed by atoms with E-state index in [1.54, 1.807) is 17.0 Å². The third kappa shape index (κ3) is 6.05. The second-order valence-corrected chi connectivity index (χ2v) is 16.5. The molecule has 3 heterocycles. The lowest BCUT2D eigenvalue weighted by Crippen LogP contribution is -2.56. The van der Waals surface area contributed by atoms with Crippen molar-refractivity contribution in [1.82, 2.24) is 19.4 Å². The van der Waals surface area contributed by atoms with Crippen LogP contribution in [0.3, 0.4) is 0 Å². The molecule has 1 aliphatic heterocycles. The van der Waals surface area contributed by atoms with E-state index in [9.17, 15) is 14.7 Å². The quantitative estimate of drug-likeness (QED) is 0.355. The van der Waals surface area contributed by atoms with Gasteiger partial charge < -0.3 is 19.0 Å². The minimum Gasteiger partial charge on any atom is -0.465 e. The van der Waals surface area contributed by atoms with Gasteiger partial charge in [0.2, 0.25) is 0 Å². The summed E-state index contributed by atoms with van der Waals surface area (Å²) < 4.78 is 8.38. The van der Waals surface area contributed by atoms with Gasteiger partial charge in [-0.3, -0.25) is 4.79 Å². The Morgan fingerprint density at radius 3 is 2.65 bits per heavy atom. The molecular weight excluding hydrogens is 508 g/mol. The van der Waals surface area contributed by atoms with Gasteiger partial charge in [0.1, 0.15) is 5.52 Å². The van der Waals surface area contributed by atoms with Crippen LogP contribution in [0.15, 0.2) is 42.7 Å². The number of fused-ring (bicyclic) bond motifs is 1. The van der Waals surface area contributed by atoms with Crippen molar-refractivity contribution in [1.29, 1.82) is 0 Å². The summed E-state index contributed by atoms with van der Waals surface area (Å²) in [5, 5.41) is 10.5. The Morgan fingerprint density at radius 2 is 1.97 bits per heavy atom. The van der Waals surface area contributed by atoms with Crippen LogP contribution in [0.5, 0.6) is 0 Å². The van der Waals surface area contributed by atoms with Gasteiger partial charge in [0.05, 0.1) is 30.7 Å². The van der Waals surface area contributed by atoms with Crippen molar-refractivity contribution in [2.45, 2.75) is 76.9 Å². The fourth-order valence-corrected chi connectivity index (χ4v) is 6.12. The highest BCUT2D eigenvalue weighted by molar-refractivity contribution is 6.74. The summed E-state index contributed by atoms with van der Waals surface area (Å²) in [5.41, 5.74) is 2.89. The van der Waals surface area contributed by atoms with Crippen molar-refractivity contribution in [2.75, 3.05) is 6.54 Å². The molecule has 0 aliphatic carbocycles. The second kappa shape index (κ2) is 10.5. The van der Waals surface area contributed by atoms with Crippen molar-refractivity contribution in [2.24, 2.45) is 0 Å². The molecule has 2 atom stereocenters. The number of pyridine rings is 1. The van der Waals surface area contributed by atoms with Gasteiger partial charge in [-0.15, -0.1) is 0 Å². The molecule has 0 unspecified atom stereocenters. The predicted molar refractivity (Wildman–Crippen MR) is 147 cm³/mol. The standard InChI is InChI=1S/C27H35ClN4O4Si/c1-27(2,3)37(4,5)36-24-10-7-13-32(26(34)35)23(24)15-20(33)16-31-17-29-22-12-11-21(30-25(22)31)18-8-6-9-19(28)14-18/h6,8-9,11-12,14,17,23-24H,7,10,13,15-16H2,1-5H3,(H,34,35)/t23-,24+/m1/s1. The number of imidazole rings is 1. The Hall–Kier alpha value is -2.75. The fourth-order valence-electron chi connectivity index (χ4n) is 4.55. The smallest absolute Gasteiger partial charge is 0.407 e. The van der Waals surface area contributed by atoms with E-state index < -0.39 is 20.5 Å². The van der Waals surface area contributed by atoms with Crippen LogP contribution in [-0.2, 0) is 15.8 Å². The molecule has 8 nitrogen and oxygen atoms in total. The molecule has 1 aromatic carbocycles. The molecule has 1 aliphatic rings. The molecule has 2 aromatic heterocycles. The molecule has 10 heteroatoms. The Kier molecular flexibility index (Phi) is 7.78. The molecule has 198 valence electrons. The molecule has 0 spiro atoms. The van der Waals surface area contributed by atoms with E-state index in [-0.39, 0.29) is 29.9 Å². The maximum atomic E-state index is 13.3. The first-order chi connectivity index (χ1) is 17.4. The minimum absolute atomic E-state index is 0.0187. The van der Waals surface area contributed by atoms with E-state index in [1.807, 2.05) is 30.3 Å². The number of benzene rings is 1. The summed E-state index contributed by atoms with van der Waals surface area (Å²) in [4.78, 5) is 36.0. The largest absolute Gasteiger partial charge is 0.465 e. The number of nitrogens with zero attached hydrogens (tertiary/aromatic N) is 4. The van der Waals surface area contributed by atoms with Gasteiger partial charge in [-0.2, -0.15) is 0 Å². The number of hydrogen-bond acceptors (Lipinski definition) is 5. The van der Waals surface area contributed by atoms with Gasteiger partial charge in [0, 0.05) is 23.6 Å². The fraction of sp³-hybridized carbons (Fsp3) is 0.481. The van der Waals surface area contributed by atoms with Crippen molar-refractivity contribution >= 4 is 43.0 Å². The van der Waals surface area contributed by atoms with E-state index >= 15 is 0 Å². The lowest BCUT2D eigenvalue weighted by Gasteiger charge is -2.45. The van der Waals surface area contributed by atoms with Crippen molar-refractivity contribution in [3.8, 4) is 11.3 Å². The number of ketones is 1. The molecule has 4 rings (SSSR count). The predicted octanol–water partition coefficient (Wildman–Crippen LogP) is 6.24. The average Bonchev–Trinajstić information content (AvgIpc) is 3.21. The van der Waals surface area contributed by atoms with E-state index in [0.717, 1.165) is 24.1 Å². The number of carbonyl (C=O) groups excluding carboxylic acids is 1. The molecule has 0 saturated carbocycles. The van der Waals surface area contributed by atoms with E-state index in [1.165, 1.54) is 4.90 Å². The summed E-state index contributed by atoms with van der Waals surface area (Å²) in [6.07, 6.45) is 1.84. The SMILES string of the molecule is CC(C)(C)[Si](C)(C)O[C@H]1CCCN(C(=O)O)[C@@H]1CC(=O)Cn1cnc2ccc(-c3cccc(Cl)c3)nc21. The van der Waals surface area contributed by atoms with Crippen LogP contribution in [0.2, 0.25) is 23.2 Å². The number of rotatable bonds is 7. The number of halogens is 1. The summed E-state index contributed by atoms with van der Waals surface area (Å²) in [6, 6.07) is 10.7. The van der Waals surface area contributed by atoms with Crippen molar-refractivity contribution < 1.29 is 19.1 Å². The molecule has 0 radical (unpaired) electrons.